The van der Waals surface area contributed by atoms with Gasteiger partial charge < -0.3 is 5.32 Å². The summed E-state index contributed by atoms with van der Waals surface area (Å²) in [7, 11) is 0. The van der Waals surface area contributed by atoms with Crippen molar-refractivity contribution in [3.05, 3.63) is 64.5 Å². The molecule has 0 fully saturated rings. The van der Waals surface area contributed by atoms with Gasteiger partial charge in [0.15, 0.2) is 23.3 Å². The van der Waals surface area contributed by atoms with Gasteiger partial charge in [-0.3, -0.25) is 0 Å². The molecule has 0 heterocycles. The summed E-state index contributed by atoms with van der Waals surface area (Å²) in [5, 5.41) is 11.0. The van der Waals surface area contributed by atoms with Crippen molar-refractivity contribution in [2.75, 3.05) is 5.32 Å². The van der Waals surface area contributed by atoms with Gasteiger partial charge in [-0.15, -0.1) is 0 Å². The highest BCUT2D eigenvalue weighted by atomic mass is 19.2. The first kappa shape index (κ1) is 14.8. The minimum atomic E-state index is -2.21. The van der Waals surface area contributed by atoms with Crippen molar-refractivity contribution in [1.82, 2.24) is 0 Å². The van der Waals surface area contributed by atoms with E-state index in [0.29, 0.717) is 5.56 Å². The molecule has 0 spiro atoms. The van der Waals surface area contributed by atoms with Crippen LogP contribution in [-0.2, 0) is 6.54 Å². The maximum atomic E-state index is 13.4. The number of nitrogens with zero attached hydrogens (tertiary/aromatic N) is 1. The highest BCUT2D eigenvalue weighted by Gasteiger charge is 2.25. The molecule has 2 rings (SSSR count). The quantitative estimate of drug-likeness (QED) is 0.530. The highest BCUT2D eigenvalue weighted by molar-refractivity contribution is 5.49. The lowest BCUT2D eigenvalue weighted by molar-refractivity contribution is 0.381. The van der Waals surface area contributed by atoms with Crippen molar-refractivity contribution in [1.29, 1.82) is 5.26 Å². The number of hydrogen-bond donors (Lipinski definition) is 1. The second-order valence-corrected chi connectivity index (χ2v) is 4.07. The molecule has 1 N–H and O–H groups in total. The Morgan fingerprint density at radius 1 is 0.857 bits per heavy atom. The first-order valence-electron chi connectivity index (χ1n) is 5.70. The third-order valence-electron chi connectivity index (χ3n) is 2.80. The molecular formula is C14H7F5N2. The van der Waals surface area contributed by atoms with Gasteiger partial charge >= 0.3 is 0 Å². The van der Waals surface area contributed by atoms with Crippen LogP contribution in [0.3, 0.4) is 0 Å². The van der Waals surface area contributed by atoms with Gasteiger partial charge in [-0.05, 0) is 11.6 Å². The summed E-state index contributed by atoms with van der Waals surface area (Å²) < 4.78 is 65.8. The average molecular weight is 298 g/mol. The van der Waals surface area contributed by atoms with Crippen LogP contribution in [-0.4, -0.2) is 0 Å². The van der Waals surface area contributed by atoms with E-state index in [0.717, 1.165) is 0 Å². The Bertz CT molecular complexity index is 708. The number of rotatable bonds is 3. The van der Waals surface area contributed by atoms with E-state index in [2.05, 4.69) is 5.32 Å². The predicted molar refractivity (Wildman–Crippen MR) is 64.7 cm³/mol. The largest absolute Gasteiger partial charge is 0.376 e. The van der Waals surface area contributed by atoms with Crippen LogP contribution in [0.2, 0.25) is 0 Å². The molecule has 0 aliphatic rings. The first-order valence-corrected chi connectivity index (χ1v) is 5.70. The SMILES string of the molecule is N#Cc1ccccc1CNc1c(F)c(F)c(F)c(F)c1F. The lowest BCUT2D eigenvalue weighted by Gasteiger charge is -2.11. The average Bonchev–Trinajstić information content (AvgIpc) is 2.51. The molecule has 108 valence electrons. The van der Waals surface area contributed by atoms with Crippen LogP contribution in [0.25, 0.3) is 0 Å². The van der Waals surface area contributed by atoms with E-state index >= 15 is 0 Å². The molecule has 0 saturated heterocycles. The van der Waals surface area contributed by atoms with Crippen LogP contribution in [0.4, 0.5) is 27.6 Å². The zero-order valence-electron chi connectivity index (χ0n) is 10.4. The maximum absolute atomic E-state index is 13.4. The van der Waals surface area contributed by atoms with Gasteiger partial charge in [0.1, 0.15) is 5.69 Å². The minimum absolute atomic E-state index is 0.230. The molecule has 2 aromatic carbocycles. The Morgan fingerprint density at radius 3 is 1.95 bits per heavy atom. The van der Waals surface area contributed by atoms with E-state index in [1.54, 1.807) is 12.1 Å². The van der Waals surface area contributed by atoms with Crippen molar-refractivity contribution >= 4 is 5.69 Å². The van der Waals surface area contributed by atoms with Gasteiger partial charge in [0.25, 0.3) is 0 Å². The molecular weight excluding hydrogens is 291 g/mol. The van der Waals surface area contributed by atoms with Crippen molar-refractivity contribution in [3.8, 4) is 6.07 Å². The van der Waals surface area contributed by atoms with Crippen molar-refractivity contribution < 1.29 is 22.0 Å². The molecule has 0 aliphatic carbocycles. The second-order valence-electron chi connectivity index (χ2n) is 4.07. The van der Waals surface area contributed by atoms with E-state index in [9.17, 15) is 22.0 Å². The first-order chi connectivity index (χ1) is 9.97. The molecule has 7 heteroatoms. The minimum Gasteiger partial charge on any atom is -0.376 e. The number of benzene rings is 2. The Labute approximate surface area is 116 Å². The molecule has 0 aromatic heterocycles. The normalized spacial score (nSPS) is 10.3. The van der Waals surface area contributed by atoms with Crippen LogP contribution >= 0.6 is 0 Å². The number of halogens is 5. The van der Waals surface area contributed by atoms with Gasteiger partial charge in [-0.25, -0.2) is 22.0 Å². The van der Waals surface area contributed by atoms with Crippen LogP contribution in [0, 0.1) is 40.4 Å². The number of nitriles is 1. The van der Waals surface area contributed by atoms with E-state index in [1.807, 2.05) is 6.07 Å². The van der Waals surface area contributed by atoms with Gasteiger partial charge in [0.05, 0.1) is 11.6 Å². The Kier molecular flexibility index (Phi) is 4.08. The standard InChI is InChI=1S/C14H7F5N2/c15-9-10(16)12(18)14(13(19)11(9)17)21-6-8-4-2-1-3-7(8)5-20/h1-4,21H,6H2. The zero-order chi connectivity index (χ0) is 15.6. The molecule has 0 aliphatic heterocycles. The maximum Gasteiger partial charge on any atom is 0.200 e. The third-order valence-corrected chi connectivity index (χ3v) is 2.80. The van der Waals surface area contributed by atoms with Gasteiger partial charge in [0.2, 0.25) is 5.82 Å². The summed E-state index contributed by atoms with van der Waals surface area (Å²) in [6.45, 7) is -0.262. The molecule has 0 amide bonds. The van der Waals surface area contributed by atoms with Crippen molar-refractivity contribution in [3.63, 3.8) is 0 Å². The number of hydrogen-bond acceptors (Lipinski definition) is 2. The monoisotopic (exact) mass is 298 g/mol. The van der Waals surface area contributed by atoms with Crippen molar-refractivity contribution in [2.24, 2.45) is 0 Å². The highest BCUT2D eigenvalue weighted by Crippen LogP contribution is 2.27. The smallest absolute Gasteiger partial charge is 0.200 e. The van der Waals surface area contributed by atoms with E-state index in [-0.39, 0.29) is 12.1 Å². The fourth-order valence-electron chi connectivity index (χ4n) is 1.73. The molecule has 0 unspecified atom stereocenters. The summed E-state index contributed by atoms with van der Waals surface area (Å²) >= 11 is 0. The van der Waals surface area contributed by atoms with Crippen molar-refractivity contribution in [2.45, 2.75) is 6.54 Å². The molecule has 0 radical (unpaired) electrons. The summed E-state index contributed by atoms with van der Waals surface area (Å²) in [6, 6.07) is 7.99. The third kappa shape index (κ3) is 2.65. The van der Waals surface area contributed by atoms with E-state index < -0.39 is 34.8 Å². The fraction of sp³-hybridized carbons (Fsp3) is 0.0714. The van der Waals surface area contributed by atoms with Gasteiger partial charge in [0, 0.05) is 6.54 Å². The number of nitrogens with one attached hydrogen (secondary N) is 1. The van der Waals surface area contributed by atoms with Crippen LogP contribution in [0.15, 0.2) is 24.3 Å². The second kappa shape index (κ2) is 5.79. The summed E-state index contributed by atoms with van der Waals surface area (Å²) in [4.78, 5) is 0. The molecule has 2 aromatic rings. The Morgan fingerprint density at radius 2 is 1.38 bits per heavy atom. The molecule has 0 atom stereocenters. The van der Waals surface area contributed by atoms with E-state index in [1.165, 1.54) is 12.1 Å². The summed E-state index contributed by atoms with van der Waals surface area (Å²) in [6.07, 6.45) is 0. The van der Waals surface area contributed by atoms with Gasteiger partial charge in [-0.2, -0.15) is 5.26 Å². The van der Waals surface area contributed by atoms with Crippen LogP contribution < -0.4 is 5.32 Å². The molecule has 21 heavy (non-hydrogen) atoms. The molecule has 0 bridgehead atoms. The van der Waals surface area contributed by atoms with Crippen LogP contribution in [0.5, 0.6) is 0 Å². The molecule has 0 saturated carbocycles. The van der Waals surface area contributed by atoms with Gasteiger partial charge in [-0.1, -0.05) is 18.2 Å². The number of anilines is 1. The van der Waals surface area contributed by atoms with Crippen LogP contribution in [0.1, 0.15) is 11.1 Å². The topological polar surface area (TPSA) is 35.8 Å². The van der Waals surface area contributed by atoms with E-state index in [4.69, 9.17) is 5.26 Å². The lowest BCUT2D eigenvalue weighted by Crippen LogP contribution is -2.10. The Hall–Kier alpha value is -2.62. The summed E-state index contributed by atoms with van der Waals surface area (Å²) in [5.74, 6) is -10.1. The predicted octanol–water partition coefficient (Wildman–Crippen LogP) is 3.87. The Balaban J connectivity index is 2.36. The lowest BCUT2D eigenvalue weighted by atomic mass is 10.1. The summed E-state index contributed by atoms with van der Waals surface area (Å²) in [5.41, 5.74) is -0.531. The zero-order valence-corrected chi connectivity index (χ0v) is 10.4. The fourth-order valence-corrected chi connectivity index (χ4v) is 1.73. The molecule has 2 nitrogen and oxygen atoms in total.